The molecule has 2 N–H and O–H groups in total. The minimum atomic E-state index is -0.341. The summed E-state index contributed by atoms with van der Waals surface area (Å²) in [6.07, 6.45) is 1.63. The van der Waals surface area contributed by atoms with Crippen molar-refractivity contribution in [1.82, 2.24) is 4.98 Å². The third kappa shape index (κ3) is 2.28. The molecule has 0 aliphatic carbocycles. The fraction of sp³-hybridized carbons (Fsp3) is 0.0625. The van der Waals surface area contributed by atoms with E-state index in [1.165, 1.54) is 6.07 Å². The van der Waals surface area contributed by atoms with Crippen molar-refractivity contribution in [3.63, 3.8) is 0 Å². The topological polar surface area (TPSA) is 48.1 Å². The van der Waals surface area contributed by atoms with E-state index in [0.717, 1.165) is 10.9 Å². The number of benzene rings is 2. The highest BCUT2D eigenvalue weighted by Crippen LogP contribution is 2.30. The fourth-order valence-corrected chi connectivity index (χ4v) is 1.99. The number of aromatic nitrogens is 1. The van der Waals surface area contributed by atoms with Gasteiger partial charge in [-0.3, -0.25) is 4.98 Å². The molecule has 0 aliphatic rings. The second-order valence-corrected chi connectivity index (χ2v) is 4.61. The zero-order chi connectivity index (χ0) is 14.1. The second kappa shape index (κ2) is 4.81. The summed E-state index contributed by atoms with van der Waals surface area (Å²) in [5.74, 6) is 0.661. The highest BCUT2D eigenvalue weighted by Gasteiger charge is 2.08. The number of aryl methyl sites for hydroxylation is 1. The molecule has 0 unspecified atom stereocenters. The average molecular weight is 268 g/mol. The van der Waals surface area contributed by atoms with Gasteiger partial charge in [0.05, 0.1) is 17.4 Å². The molecule has 0 amide bonds. The van der Waals surface area contributed by atoms with Crippen molar-refractivity contribution in [1.29, 1.82) is 0 Å². The molecule has 3 rings (SSSR count). The number of nitrogen functional groups attached to an aromatic ring is 1. The molecule has 0 bridgehead atoms. The molecule has 0 aliphatic heterocycles. The molecule has 4 heteroatoms. The Hall–Kier alpha value is -2.62. The number of rotatable bonds is 2. The van der Waals surface area contributed by atoms with Crippen molar-refractivity contribution < 1.29 is 9.13 Å². The van der Waals surface area contributed by atoms with Gasteiger partial charge in [0, 0.05) is 11.5 Å². The van der Waals surface area contributed by atoms with Crippen molar-refractivity contribution in [2.45, 2.75) is 6.92 Å². The SMILES string of the molecule is Cc1cc(Oc2cnc3ccccc3c2)c(N)cc1F. The number of halogens is 1. The van der Waals surface area contributed by atoms with Crippen molar-refractivity contribution in [3.8, 4) is 11.5 Å². The van der Waals surface area contributed by atoms with Crippen LogP contribution in [0.1, 0.15) is 5.56 Å². The van der Waals surface area contributed by atoms with Gasteiger partial charge in [0.25, 0.3) is 0 Å². The summed E-state index contributed by atoms with van der Waals surface area (Å²) in [6.45, 7) is 1.67. The highest BCUT2D eigenvalue weighted by molar-refractivity contribution is 5.79. The number of anilines is 1. The number of para-hydroxylation sites is 1. The fourth-order valence-electron chi connectivity index (χ4n) is 1.99. The van der Waals surface area contributed by atoms with E-state index in [9.17, 15) is 4.39 Å². The molecular weight excluding hydrogens is 255 g/mol. The molecule has 0 atom stereocenters. The minimum Gasteiger partial charge on any atom is -0.454 e. The molecule has 1 heterocycles. The predicted octanol–water partition coefficient (Wildman–Crippen LogP) is 4.06. The van der Waals surface area contributed by atoms with Gasteiger partial charge in [0.2, 0.25) is 0 Å². The van der Waals surface area contributed by atoms with E-state index in [4.69, 9.17) is 10.5 Å². The Morgan fingerprint density at radius 3 is 2.80 bits per heavy atom. The Bertz CT molecular complexity index is 787. The largest absolute Gasteiger partial charge is 0.454 e. The van der Waals surface area contributed by atoms with Gasteiger partial charge in [-0.1, -0.05) is 18.2 Å². The Balaban J connectivity index is 1.99. The van der Waals surface area contributed by atoms with E-state index in [1.807, 2.05) is 30.3 Å². The van der Waals surface area contributed by atoms with Crippen LogP contribution in [0.15, 0.2) is 48.7 Å². The lowest BCUT2D eigenvalue weighted by Crippen LogP contribution is -1.95. The van der Waals surface area contributed by atoms with E-state index in [-0.39, 0.29) is 11.5 Å². The first-order valence-corrected chi connectivity index (χ1v) is 6.22. The van der Waals surface area contributed by atoms with Gasteiger partial charge in [-0.05, 0) is 30.7 Å². The molecule has 2 aromatic carbocycles. The smallest absolute Gasteiger partial charge is 0.150 e. The minimum absolute atomic E-state index is 0.265. The van der Waals surface area contributed by atoms with Crippen molar-refractivity contribution in [2.75, 3.05) is 5.73 Å². The first-order valence-electron chi connectivity index (χ1n) is 6.22. The number of ether oxygens (including phenoxy) is 1. The van der Waals surface area contributed by atoms with Crippen LogP contribution in [0.3, 0.4) is 0 Å². The number of nitrogens with two attached hydrogens (primary N) is 1. The van der Waals surface area contributed by atoms with Crippen LogP contribution in [0.4, 0.5) is 10.1 Å². The quantitative estimate of drug-likeness (QED) is 0.713. The molecule has 0 radical (unpaired) electrons. The van der Waals surface area contributed by atoms with Gasteiger partial charge < -0.3 is 10.5 Å². The summed E-state index contributed by atoms with van der Waals surface area (Å²) in [6, 6.07) is 12.5. The van der Waals surface area contributed by atoms with Gasteiger partial charge >= 0.3 is 0 Å². The monoisotopic (exact) mass is 268 g/mol. The van der Waals surface area contributed by atoms with E-state index < -0.39 is 0 Å². The molecule has 1 aromatic heterocycles. The molecule has 0 spiro atoms. The van der Waals surface area contributed by atoms with Gasteiger partial charge in [-0.2, -0.15) is 0 Å². The Kier molecular flexibility index (Phi) is 2.99. The third-order valence-corrected chi connectivity index (χ3v) is 3.08. The van der Waals surface area contributed by atoms with Crippen LogP contribution in [0.25, 0.3) is 10.9 Å². The summed E-state index contributed by atoms with van der Waals surface area (Å²) < 4.78 is 19.1. The van der Waals surface area contributed by atoms with Gasteiger partial charge in [0.1, 0.15) is 11.6 Å². The summed E-state index contributed by atoms with van der Waals surface area (Å²) in [4.78, 5) is 4.31. The van der Waals surface area contributed by atoms with E-state index in [0.29, 0.717) is 17.1 Å². The molecule has 0 fully saturated rings. The summed E-state index contributed by atoms with van der Waals surface area (Å²) >= 11 is 0. The number of nitrogens with zero attached hydrogens (tertiary/aromatic N) is 1. The summed E-state index contributed by atoms with van der Waals surface area (Å²) in [5, 5.41) is 0.974. The second-order valence-electron chi connectivity index (χ2n) is 4.61. The van der Waals surface area contributed by atoms with E-state index in [2.05, 4.69) is 4.98 Å². The maximum absolute atomic E-state index is 13.4. The van der Waals surface area contributed by atoms with E-state index >= 15 is 0 Å². The molecule has 3 aromatic rings. The van der Waals surface area contributed by atoms with Gasteiger partial charge in [-0.25, -0.2) is 4.39 Å². The van der Waals surface area contributed by atoms with Crippen LogP contribution in [-0.2, 0) is 0 Å². The van der Waals surface area contributed by atoms with Crippen LogP contribution in [0.2, 0.25) is 0 Å². The lowest BCUT2D eigenvalue weighted by molar-refractivity contribution is 0.481. The molecule has 3 nitrogen and oxygen atoms in total. The first kappa shape index (κ1) is 12.4. The van der Waals surface area contributed by atoms with Crippen LogP contribution in [-0.4, -0.2) is 4.98 Å². The van der Waals surface area contributed by atoms with Crippen LogP contribution >= 0.6 is 0 Å². The van der Waals surface area contributed by atoms with E-state index in [1.54, 1.807) is 19.2 Å². The van der Waals surface area contributed by atoms with Crippen molar-refractivity contribution in [3.05, 3.63) is 60.0 Å². The van der Waals surface area contributed by atoms with Crippen molar-refractivity contribution in [2.24, 2.45) is 0 Å². The van der Waals surface area contributed by atoms with Crippen molar-refractivity contribution >= 4 is 16.6 Å². The summed E-state index contributed by atoms with van der Waals surface area (Å²) in [7, 11) is 0. The zero-order valence-electron chi connectivity index (χ0n) is 10.9. The summed E-state index contributed by atoms with van der Waals surface area (Å²) in [5.41, 5.74) is 7.41. The number of hydrogen-bond donors (Lipinski definition) is 1. The molecule has 20 heavy (non-hydrogen) atoms. The number of hydrogen-bond acceptors (Lipinski definition) is 3. The normalized spacial score (nSPS) is 10.7. The number of fused-ring (bicyclic) bond motifs is 1. The average Bonchev–Trinajstić information content (AvgIpc) is 2.44. The first-order chi connectivity index (χ1) is 9.63. The molecule has 0 saturated carbocycles. The van der Waals surface area contributed by atoms with Crippen LogP contribution in [0.5, 0.6) is 11.5 Å². The van der Waals surface area contributed by atoms with Crippen LogP contribution in [0, 0.1) is 12.7 Å². The predicted molar refractivity (Wildman–Crippen MR) is 77.4 cm³/mol. The maximum atomic E-state index is 13.4. The maximum Gasteiger partial charge on any atom is 0.150 e. The Morgan fingerprint density at radius 2 is 1.95 bits per heavy atom. The highest BCUT2D eigenvalue weighted by atomic mass is 19.1. The van der Waals surface area contributed by atoms with Gasteiger partial charge in [-0.15, -0.1) is 0 Å². The Morgan fingerprint density at radius 1 is 1.15 bits per heavy atom. The zero-order valence-corrected chi connectivity index (χ0v) is 10.9. The molecule has 0 saturated heterocycles. The third-order valence-electron chi connectivity index (χ3n) is 3.08. The lowest BCUT2D eigenvalue weighted by atomic mass is 10.2. The molecular formula is C16H13FN2O. The van der Waals surface area contributed by atoms with Crippen LogP contribution < -0.4 is 10.5 Å². The standard InChI is InChI=1S/C16H13FN2O/c1-10-6-16(14(18)8-13(10)17)20-12-7-11-4-2-3-5-15(11)19-9-12/h2-9H,18H2,1H3. The number of pyridine rings is 1. The molecule has 100 valence electrons. The Labute approximate surface area is 115 Å². The van der Waals surface area contributed by atoms with Gasteiger partial charge in [0.15, 0.2) is 5.75 Å². The lowest BCUT2D eigenvalue weighted by Gasteiger charge is -2.10.